The van der Waals surface area contributed by atoms with Crippen LogP contribution >= 0.6 is 10.8 Å². The Hall–Kier alpha value is -2.92. The van der Waals surface area contributed by atoms with Crippen LogP contribution < -0.4 is 0 Å². The van der Waals surface area contributed by atoms with Gasteiger partial charge in [0.15, 0.2) is 0 Å². The number of halogens is 1. The molecule has 1 fully saturated rings. The van der Waals surface area contributed by atoms with E-state index in [1.54, 1.807) is 61.3 Å². The van der Waals surface area contributed by atoms with E-state index in [2.05, 4.69) is 0 Å². The summed E-state index contributed by atoms with van der Waals surface area (Å²) < 4.78 is 45.5. The highest BCUT2D eigenvalue weighted by Crippen LogP contribution is 2.65. The molecular formula is C28H34FN3O5S. The van der Waals surface area contributed by atoms with Gasteiger partial charge in [-0.05, 0) is 82.0 Å². The van der Waals surface area contributed by atoms with E-state index in [0.29, 0.717) is 47.3 Å². The Kier molecular flexibility index (Phi) is 6.58. The predicted octanol–water partition coefficient (Wildman–Crippen LogP) is 6.64. The number of benzene rings is 2. The topological polar surface area (TPSA) is 95.2 Å². The number of hydrogen-bond donors (Lipinski definition) is 2. The third kappa shape index (κ3) is 4.59. The summed E-state index contributed by atoms with van der Waals surface area (Å²) in [5.74, 6) is -0.433. The Balaban J connectivity index is 1.53. The van der Waals surface area contributed by atoms with Crippen molar-refractivity contribution in [2.75, 3.05) is 13.1 Å². The molecular weight excluding hydrogens is 509 g/mol. The van der Waals surface area contributed by atoms with E-state index in [9.17, 15) is 23.1 Å². The van der Waals surface area contributed by atoms with Crippen LogP contribution in [0.3, 0.4) is 0 Å². The summed E-state index contributed by atoms with van der Waals surface area (Å²) in [5, 5.41) is 0.683. The van der Waals surface area contributed by atoms with Crippen molar-refractivity contribution in [2.45, 2.75) is 70.0 Å². The molecule has 5 rings (SSSR count). The first-order valence-electron chi connectivity index (χ1n) is 12.8. The summed E-state index contributed by atoms with van der Waals surface area (Å²) >= 11 is 0. The summed E-state index contributed by atoms with van der Waals surface area (Å²) in [6, 6.07) is 9.44. The van der Waals surface area contributed by atoms with E-state index in [1.807, 2.05) is 13.0 Å². The molecule has 0 radical (unpaired) electrons. The zero-order valence-electron chi connectivity index (χ0n) is 22.3. The number of fused-ring (bicyclic) bond motifs is 2. The molecule has 0 bridgehead atoms. The quantitative estimate of drug-likeness (QED) is 0.376. The molecule has 2 aromatic carbocycles. The number of carbonyl (C=O) groups is 2. The fraction of sp³-hybridized carbons (Fsp3) is 0.429. The van der Waals surface area contributed by atoms with Crippen LogP contribution in [-0.4, -0.2) is 59.6 Å². The molecule has 2 aliphatic heterocycles. The van der Waals surface area contributed by atoms with Gasteiger partial charge < -0.3 is 9.64 Å². The average Bonchev–Trinajstić information content (AvgIpc) is 3.30. The van der Waals surface area contributed by atoms with Gasteiger partial charge >= 0.3 is 6.09 Å². The highest BCUT2D eigenvalue weighted by atomic mass is 32.3. The van der Waals surface area contributed by atoms with E-state index < -0.39 is 28.3 Å². The fourth-order valence-corrected chi connectivity index (χ4v) is 7.82. The monoisotopic (exact) mass is 543 g/mol. The lowest BCUT2D eigenvalue weighted by atomic mass is 9.98. The SMILES string of the molecule is CC(=O)N1CCC(N2C(C)c3cc(-c4cn(C(=O)OC(C)(C)C)c5cc(F)ccc45)ccc3S2(O)O)CC1. The van der Waals surface area contributed by atoms with Crippen LogP contribution in [0.25, 0.3) is 22.0 Å². The predicted molar refractivity (Wildman–Crippen MR) is 146 cm³/mol. The maximum absolute atomic E-state index is 14.2. The molecule has 1 aromatic heterocycles. The molecule has 1 amide bonds. The second-order valence-corrected chi connectivity index (χ2v) is 13.0. The van der Waals surface area contributed by atoms with E-state index >= 15 is 0 Å². The second-order valence-electron chi connectivity index (χ2n) is 11.1. The Labute approximate surface area is 223 Å². The Morgan fingerprint density at radius 3 is 2.39 bits per heavy atom. The molecule has 204 valence electrons. The molecule has 8 nitrogen and oxygen atoms in total. The Morgan fingerprint density at radius 1 is 1.08 bits per heavy atom. The smallest absolute Gasteiger partial charge is 0.419 e. The first-order valence-corrected chi connectivity index (χ1v) is 14.3. The molecule has 1 atom stereocenters. The minimum absolute atomic E-state index is 0.0304. The van der Waals surface area contributed by atoms with Crippen LogP contribution in [0.1, 0.15) is 59.1 Å². The fourth-order valence-electron chi connectivity index (χ4n) is 5.61. The van der Waals surface area contributed by atoms with Crippen molar-refractivity contribution in [3.05, 3.63) is 54.0 Å². The third-order valence-electron chi connectivity index (χ3n) is 7.37. The number of rotatable bonds is 2. The molecule has 38 heavy (non-hydrogen) atoms. The molecule has 2 aliphatic rings. The lowest BCUT2D eigenvalue weighted by Gasteiger charge is -2.46. The van der Waals surface area contributed by atoms with Crippen molar-refractivity contribution in [3.8, 4) is 11.1 Å². The number of likely N-dealkylation sites (tertiary alicyclic amines) is 1. The van der Waals surface area contributed by atoms with Gasteiger partial charge in [-0.25, -0.2) is 9.18 Å². The lowest BCUT2D eigenvalue weighted by Crippen LogP contribution is -2.46. The van der Waals surface area contributed by atoms with Crippen LogP contribution in [0.15, 0.2) is 47.5 Å². The minimum atomic E-state index is -3.21. The van der Waals surface area contributed by atoms with Crippen molar-refractivity contribution >= 4 is 33.7 Å². The van der Waals surface area contributed by atoms with Crippen LogP contribution in [-0.2, 0) is 9.53 Å². The van der Waals surface area contributed by atoms with Crippen molar-refractivity contribution < 1.29 is 27.8 Å². The Bertz CT molecular complexity index is 1420. The van der Waals surface area contributed by atoms with Gasteiger partial charge in [-0.3, -0.25) is 18.5 Å². The number of aromatic nitrogens is 1. The maximum atomic E-state index is 14.2. The van der Waals surface area contributed by atoms with Gasteiger partial charge in [0.1, 0.15) is 11.4 Å². The number of hydrogen-bond acceptors (Lipinski definition) is 6. The summed E-state index contributed by atoms with van der Waals surface area (Å²) in [7, 11) is -3.21. The van der Waals surface area contributed by atoms with Crippen LogP contribution in [0.4, 0.5) is 9.18 Å². The zero-order chi connectivity index (χ0) is 27.6. The van der Waals surface area contributed by atoms with Gasteiger partial charge in [0.2, 0.25) is 5.91 Å². The van der Waals surface area contributed by atoms with Crippen molar-refractivity contribution in [3.63, 3.8) is 0 Å². The van der Waals surface area contributed by atoms with E-state index in [1.165, 1.54) is 16.7 Å². The van der Waals surface area contributed by atoms with Crippen LogP contribution in [0.5, 0.6) is 0 Å². The highest BCUT2D eigenvalue weighted by Gasteiger charge is 2.45. The number of piperidine rings is 1. The number of nitrogens with zero attached hydrogens (tertiary/aromatic N) is 3. The summed E-state index contributed by atoms with van der Waals surface area (Å²) in [6.45, 7) is 10.00. The van der Waals surface area contributed by atoms with Gasteiger partial charge in [0, 0.05) is 43.2 Å². The molecule has 3 aromatic rings. The van der Waals surface area contributed by atoms with Gasteiger partial charge in [0.05, 0.1) is 16.5 Å². The van der Waals surface area contributed by atoms with E-state index in [-0.39, 0.29) is 18.0 Å². The van der Waals surface area contributed by atoms with Gasteiger partial charge in [-0.1, -0.05) is 6.07 Å². The van der Waals surface area contributed by atoms with Crippen LogP contribution in [0, 0.1) is 5.82 Å². The molecule has 10 heteroatoms. The van der Waals surface area contributed by atoms with Crippen molar-refractivity contribution in [1.29, 1.82) is 0 Å². The number of ether oxygens (including phenoxy) is 1. The molecule has 0 saturated carbocycles. The first kappa shape index (κ1) is 26.7. The van der Waals surface area contributed by atoms with E-state index in [0.717, 1.165) is 11.1 Å². The zero-order valence-corrected chi connectivity index (χ0v) is 23.1. The third-order valence-corrected chi connectivity index (χ3v) is 9.53. The molecule has 3 heterocycles. The number of amides is 1. The first-order chi connectivity index (χ1) is 17.8. The van der Waals surface area contributed by atoms with Gasteiger partial charge in [-0.15, -0.1) is 10.8 Å². The van der Waals surface area contributed by atoms with Gasteiger partial charge in [-0.2, -0.15) is 4.31 Å². The summed E-state index contributed by atoms with van der Waals surface area (Å²) in [5.41, 5.74) is 1.97. The average molecular weight is 544 g/mol. The standard InChI is InChI=1S/C28H34FN3O5S/c1-17-23-14-19(6-9-26(23)38(35,36)32(17)21-10-12-30(13-11-21)18(2)33)24-16-31(27(34)37-28(3,4)5)25-15-20(29)7-8-22(24)25/h6-9,14-17,21,35-36H,10-13H2,1-5H3. The lowest BCUT2D eigenvalue weighted by molar-refractivity contribution is -0.130. The molecule has 0 aliphatic carbocycles. The van der Waals surface area contributed by atoms with Crippen molar-refractivity contribution in [1.82, 2.24) is 13.8 Å². The summed E-state index contributed by atoms with van der Waals surface area (Å²) in [4.78, 5) is 27.0. The summed E-state index contributed by atoms with van der Waals surface area (Å²) in [6.07, 6.45) is 2.36. The normalized spacial score (nSPS) is 20.9. The van der Waals surface area contributed by atoms with Gasteiger partial charge in [0.25, 0.3) is 0 Å². The second kappa shape index (κ2) is 9.37. The van der Waals surface area contributed by atoms with E-state index in [4.69, 9.17) is 4.74 Å². The Morgan fingerprint density at radius 2 is 1.76 bits per heavy atom. The highest BCUT2D eigenvalue weighted by molar-refractivity contribution is 8.22. The molecule has 2 N–H and O–H groups in total. The maximum Gasteiger partial charge on any atom is 0.419 e. The van der Waals surface area contributed by atoms with Crippen LogP contribution in [0.2, 0.25) is 0 Å². The largest absolute Gasteiger partial charge is 0.443 e. The molecule has 0 spiro atoms. The van der Waals surface area contributed by atoms with Crippen molar-refractivity contribution in [2.24, 2.45) is 0 Å². The number of carbonyl (C=O) groups excluding carboxylic acids is 2. The minimum Gasteiger partial charge on any atom is -0.443 e. The molecule has 1 unspecified atom stereocenters. The molecule has 1 saturated heterocycles.